The Labute approximate surface area is 154 Å². The lowest BCUT2D eigenvalue weighted by Crippen LogP contribution is -2.14. The summed E-state index contributed by atoms with van der Waals surface area (Å²) in [5, 5.41) is 4.83. The van der Waals surface area contributed by atoms with Crippen LogP contribution >= 0.6 is 0 Å². The molecule has 0 saturated heterocycles. The van der Waals surface area contributed by atoms with Gasteiger partial charge in [-0.25, -0.2) is 0 Å². The van der Waals surface area contributed by atoms with Crippen LogP contribution in [0.3, 0.4) is 0 Å². The van der Waals surface area contributed by atoms with E-state index in [-0.39, 0.29) is 0 Å². The number of fused-ring (bicyclic) bond motifs is 1. The number of H-pyrrole nitrogens is 1. The van der Waals surface area contributed by atoms with Crippen LogP contribution in [0.15, 0.2) is 48.7 Å². The fourth-order valence-electron chi connectivity index (χ4n) is 3.76. The van der Waals surface area contributed by atoms with Gasteiger partial charge in [-0.2, -0.15) is 0 Å². The fraction of sp³-hybridized carbons (Fsp3) is 0.364. The van der Waals surface area contributed by atoms with Gasteiger partial charge in [-0.1, -0.05) is 18.2 Å². The van der Waals surface area contributed by atoms with Gasteiger partial charge in [-0.05, 0) is 61.1 Å². The molecular formula is C22H26N2O2. The first-order chi connectivity index (χ1) is 12.8. The van der Waals surface area contributed by atoms with Crippen molar-refractivity contribution in [2.24, 2.45) is 0 Å². The van der Waals surface area contributed by atoms with Gasteiger partial charge in [0, 0.05) is 30.2 Å². The molecule has 1 saturated carbocycles. The largest absolute Gasteiger partial charge is 0.493 e. The zero-order valence-electron chi connectivity index (χ0n) is 15.3. The van der Waals surface area contributed by atoms with Crippen LogP contribution in [0, 0.1) is 0 Å². The summed E-state index contributed by atoms with van der Waals surface area (Å²) in [5.41, 5.74) is 3.70. The zero-order chi connectivity index (χ0) is 17.8. The lowest BCUT2D eigenvalue weighted by molar-refractivity contribution is 0.200. The molecule has 1 aromatic heterocycles. The number of rotatable bonds is 7. The summed E-state index contributed by atoms with van der Waals surface area (Å²) in [6, 6.07) is 14.7. The molecule has 0 unspecified atom stereocenters. The molecule has 26 heavy (non-hydrogen) atoms. The first-order valence-electron chi connectivity index (χ1n) is 9.43. The standard InChI is InChI=1S/C22H26N2O2/c1-25-21-10-9-16(13-22(21)26-18-6-2-3-7-18)14-23-15-17-5-4-8-20-19(17)11-12-24-20/h4-5,8-13,18,23-24H,2-3,6-7,14-15H2,1H3. The first-order valence-corrected chi connectivity index (χ1v) is 9.43. The van der Waals surface area contributed by atoms with Gasteiger partial charge in [-0.15, -0.1) is 0 Å². The maximum atomic E-state index is 6.19. The highest BCUT2D eigenvalue weighted by Crippen LogP contribution is 2.32. The van der Waals surface area contributed by atoms with Crippen LogP contribution in [0.4, 0.5) is 0 Å². The molecule has 1 fully saturated rings. The van der Waals surface area contributed by atoms with E-state index in [2.05, 4.69) is 46.7 Å². The van der Waals surface area contributed by atoms with E-state index >= 15 is 0 Å². The quantitative estimate of drug-likeness (QED) is 0.644. The molecule has 4 nitrogen and oxygen atoms in total. The predicted octanol–water partition coefficient (Wildman–Crippen LogP) is 4.79. The van der Waals surface area contributed by atoms with Gasteiger partial charge in [0.25, 0.3) is 0 Å². The topological polar surface area (TPSA) is 46.3 Å². The molecule has 0 aliphatic heterocycles. The van der Waals surface area contributed by atoms with Crippen molar-refractivity contribution in [3.63, 3.8) is 0 Å². The van der Waals surface area contributed by atoms with Crippen LogP contribution in [-0.2, 0) is 13.1 Å². The molecule has 0 radical (unpaired) electrons. The normalized spacial score (nSPS) is 14.8. The second kappa shape index (κ2) is 7.83. The number of ether oxygens (including phenoxy) is 2. The van der Waals surface area contributed by atoms with Crippen molar-refractivity contribution >= 4 is 10.9 Å². The molecule has 2 aromatic carbocycles. The van der Waals surface area contributed by atoms with E-state index in [1.165, 1.54) is 34.9 Å². The van der Waals surface area contributed by atoms with Crippen molar-refractivity contribution in [1.82, 2.24) is 10.3 Å². The molecule has 1 heterocycles. The molecule has 0 atom stereocenters. The second-order valence-corrected chi connectivity index (χ2v) is 6.97. The smallest absolute Gasteiger partial charge is 0.161 e. The Morgan fingerprint density at radius 2 is 1.92 bits per heavy atom. The number of aromatic nitrogens is 1. The van der Waals surface area contributed by atoms with Gasteiger partial charge in [0.1, 0.15) is 0 Å². The minimum atomic E-state index is 0.332. The van der Waals surface area contributed by atoms with E-state index in [0.717, 1.165) is 37.4 Å². The maximum absolute atomic E-state index is 6.19. The second-order valence-electron chi connectivity index (χ2n) is 6.97. The Morgan fingerprint density at radius 3 is 2.77 bits per heavy atom. The van der Waals surface area contributed by atoms with E-state index in [9.17, 15) is 0 Å². The van der Waals surface area contributed by atoms with Crippen LogP contribution in [0.25, 0.3) is 10.9 Å². The van der Waals surface area contributed by atoms with Gasteiger partial charge in [0.05, 0.1) is 13.2 Å². The highest BCUT2D eigenvalue weighted by molar-refractivity contribution is 5.82. The number of hydrogen-bond donors (Lipinski definition) is 2. The van der Waals surface area contributed by atoms with Crippen LogP contribution in [0.2, 0.25) is 0 Å². The third-order valence-electron chi connectivity index (χ3n) is 5.15. The van der Waals surface area contributed by atoms with Gasteiger partial charge in [-0.3, -0.25) is 0 Å². The van der Waals surface area contributed by atoms with Crippen molar-refractivity contribution in [3.8, 4) is 11.5 Å². The SMILES string of the molecule is COc1ccc(CNCc2cccc3[nH]ccc23)cc1OC1CCCC1. The average molecular weight is 350 g/mol. The summed E-state index contributed by atoms with van der Waals surface area (Å²) in [7, 11) is 1.70. The van der Waals surface area contributed by atoms with E-state index in [4.69, 9.17) is 9.47 Å². The lowest BCUT2D eigenvalue weighted by Gasteiger charge is -2.17. The molecule has 0 amide bonds. The third-order valence-corrected chi connectivity index (χ3v) is 5.15. The average Bonchev–Trinajstić information content (AvgIpc) is 3.34. The Bertz CT molecular complexity index is 865. The van der Waals surface area contributed by atoms with E-state index in [1.54, 1.807) is 7.11 Å². The van der Waals surface area contributed by atoms with Crippen LogP contribution in [0.1, 0.15) is 36.8 Å². The van der Waals surface area contributed by atoms with Crippen molar-refractivity contribution in [2.45, 2.75) is 44.9 Å². The molecule has 4 heteroatoms. The summed E-state index contributed by atoms with van der Waals surface area (Å²) < 4.78 is 11.7. The Balaban J connectivity index is 1.42. The van der Waals surface area contributed by atoms with Crippen LogP contribution in [-0.4, -0.2) is 18.2 Å². The van der Waals surface area contributed by atoms with Crippen molar-refractivity contribution in [3.05, 3.63) is 59.8 Å². The number of benzene rings is 2. The number of aromatic amines is 1. The third kappa shape index (κ3) is 3.70. The molecule has 0 bridgehead atoms. The van der Waals surface area contributed by atoms with Gasteiger partial charge in [0.2, 0.25) is 0 Å². The highest BCUT2D eigenvalue weighted by atomic mass is 16.5. The summed E-state index contributed by atoms with van der Waals surface area (Å²) in [4.78, 5) is 3.26. The minimum Gasteiger partial charge on any atom is -0.493 e. The van der Waals surface area contributed by atoms with Gasteiger partial charge >= 0.3 is 0 Å². The Hall–Kier alpha value is -2.46. The zero-order valence-corrected chi connectivity index (χ0v) is 15.3. The molecular weight excluding hydrogens is 324 g/mol. The maximum Gasteiger partial charge on any atom is 0.161 e. The van der Waals surface area contributed by atoms with Gasteiger partial charge in [0.15, 0.2) is 11.5 Å². The van der Waals surface area contributed by atoms with E-state index in [0.29, 0.717) is 6.10 Å². The molecule has 136 valence electrons. The van der Waals surface area contributed by atoms with Crippen molar-refractivity contribution < 1.29 is 9.47 Å². The Morgan fingerprint density at radius 1 is 1.04 bits per heavy atom. The molecule has 1 aliphatic rings. The molecule has 2 N–H and O–H groups in total. The molecule has 1 aliphatic carbocycles. The Kier molecular flexibility index (Phi) is 5.12. The molecule has 0 spiro atoms. The van der Waals surface area contributed by atoms with Crippen LogP contribution in [0.5, 0.6) is 11.5 Å². The summed E-state index contributed by atoms with van der Waals surface area (Å²) >= 11 is 0. The highest BCUT2D eigenvalue weighted by Gasteiger charge is 2.18. The predicted molar refractivity (Wildman–Crippen MR) is 105 cm³/mol. The number of methoxy groups -OCH3 is 1. The summed E-state index contributed by atoms with van der Waals surface area (Å²) in [6.45, 7) is 1.63. The number of hydrogen-bond acceptors (Lipinski definition) is 3. The first kappa shape index (κ1) is 17.0. The number of nitrogens with one attached hydrogen (secondary N) is 2. The van der Waals surface area contributed by atoms with Crippen molar-refractivity contribution in [1.29, 1.82) is 0 Å². The van der Waals surface area contributed by atoms with Crippen LogP contribution < -0.4 is 14.8 Å². The molecule has 3 aromatic rings. The van der Waals surface area contributed by atoms with E-state index in [1.807, 2.05) is 12.3 Å². The minimum absolute atomic E-state index is 0.332. The summed E-state index contributed by atoms with van der Waals surface area (Å²) in [5.74, 6) is 1.68. The molecule has 4 rings (SSSR count). The lowest BCUT2D eigenvalue weighted by atomic mass is 10.1. The fourth-order valence-corrected chi connectivity index (χ4v) is 3.76. The monoisotopic (exact) mass is 350 g/mol. The van der Waals surface area contributed by atoms with Gasteiger partial charge < -0.3 is 19.8 Å². The van der Waals surface area contributed by atoms with Crippen molar-refractivity contribution in [2.75, 3.05) is 7.11 Å². The van der Waals surface area contributed by atoms with E-state index < -0.39 is 0 Å². The summed E-state index contributed by atoms with van der Waals surface area (Å²) in [6.07, 6.45) is 7.14.